The number of carbonyl (C=O) groups excluding carboxylic acids is 2. The lowest BCUT2D eigenvalue weighted by Gasteiger charge is -2.46. The smallest absolute Gasteiger partial charge is 0.305 e. The van der Waals surface area contributed by atoms with Gasteiger partial charge in [0.25, 0.3) is 11.8 Å². The molecule has 0 saturated heterocycles. The molecular formula is C32H39ClFN3O4. The lowest BCUT2D eigenvalue weighted by Crippen LogP contribution is -2.51. The normalized spacial score (nSPS) is 21.3. The SMILES string of the molecule is CCCC[C@H](c1ccc(C(=O)NCCC(=O)O)cc1)N1C(=O)C(c2ccc(F)c(Cl)c2)=NC12CCC(C(C)C)CC2. The fraction of sp³-hybridized carbons (Fsp3) is 0.500. The van der Waals surface area contributed by atoms with Gasteiger partial charge in [0.2, 0.25) is 0 Å². The van der Waals surface area contributed by atoms with Gasteiger partial charge in [-0.2, -0.15) is 0 Å². The molecule has 0 unspecified atom stereocenters. The fourth-order valence-electron chi connectivity index (χ4n) is 6.08. The van der Waals surface area contributed by atoms with E-state index in [0.717, 1.165) is 50.5 Å². The first-order valence-corrected chi connectivity index (χ1v) is 14.9. The number of aliphatic carboxylic acids is 1. The highest BCUT2D eigenvalue weighted by Gasteiger charge is 2.52. The summed E-state index contributed by atoms with van der Waals surface area (Å²) in [6.45, 7) is 6.63. The van der Waals surface area contributed by atoms with E-state index in [0.29, 0.717) is 28.7 Å². The minimum absolute atomic E-state index is 0.0464. The van der Waals surface area contributed by atoms with Crippen LogP contribution in [0.2, 0.25) is 5.02 Å². The molecule has 7 nitrogen and oxygen atoms in total. The van der Waals surface area contributed by atoms with Gasteiger partial charge in [-0.15, -0.1) is 0 Å². The molecular weight excluding hydrogens is 545 g/mol. The van der Waals surface area contributed by atoms with Crippen LogP contribution in [-0.2, 0) is 9.59 Å². The second kappa shape index (κ2) is 13.1. The summed E-state index contributed by atoms with van der Waals surface area (Å²) in [5.74, 6) is -0.948. The summed E-state index contributed by atoms with van der Waals surface area (Å²) in [7, 11) is 0. The summed E-state index contributed by atoms with van der Waals surface area (Å²) in [6.07, 6.45) is 5.83. The van der Waals surface area contributed by atoms with Crippen LogP contribution in [0.15, 0.2) is 47.5 Å². The largest absolute Gasteiger partial charge is 0.481 e. The molecule has 2 amide bonds. The van der Waals surface area contributed by atoms with E-state index in [-0.39, 0.29) is 35.8 Å². The molecule has 1 atom stereocenters. The first-order chi connectivity index (χ1) is 19.6. The second-order valence-corrected chi connectivity index (χ2v) is 11.9. The average molecular weight is 584 g/mol. The van der Waals surface area contributed by atoms with E-state index >= 15 is 0 Å². The molecule has 220 valence electrons. The van der Waals surface area contributed by atoms with E-state index in [9.17, 15) is 18.8 Å². The van der Waals surface area contributed by atoms with E-state index in [1.165, 1.54) is 12.1 Å². The maximum Gasteiger partial charge on any atom is 0.305 e. The number of amides is 2. The fourth-order valence-corrected chi connectivity index (χ4v) is 6.26. The molecule has 2 aromatic rings. The highest BCUT2D eigenvalue weighted by molar-refractivity contribution is 6.47. The molecule has 2 aromatic carbocycles. The van der Waals surface area contributed by atoms with Crippen molar-refractivity contribution in [3.8, 4) is 0 Å². The highest BCUT2D eigenvalue weighted by Crippen LogP contribution is 2.48. The van der Waals surface area contributed by atoms with Gasteiger partial charge in [0.15, 0.2) is 0 Å². The summed E-state index contributed by atoms with van der Waals surface area (Å²) in [4.78, 5) is 44.7. The van der Waals surface area contributed by atoms with Gasteiger partial charge in [0.1, 0.15) is 17.2 Å². The van der Waals surface area contributed by atoms with E-state index in [4.69, 9.17) is 21.7 Å². The molecule has 0 bridgehead atoms. The number of carboxylic acid groups (broad SMARTS) is 1. The Morgan fingerprint density at radius 1 is 1.17 bits per heavy atom. The first-order valence-electron chi connectivity index (χ1n) is 14.5. The van der Waals surface area contributed by atoms with Crippen LogP contribution in [0.3, 0.4) is 0 Å². The van der Waals surface area contributed by atoms with Crippen molar-refractivity contribution >= 4 is 35.1 Å². The molecule has 0 radical (unpaired) electrons. The van der Waals surface area contributed by atoms with Crippen LogP contribution in [0.5, 0.6) is 0 Å². The van der Waals surface area contributed by atoms with Crippen LogP contribution >= 0.6 is 11.6 Å². The predicted octanol–water partition coefficient (Wildman–Crippen LogP) is 6.79. The Kier molecular flexibility index (Phi) is 9.84. The number of nitrogens with zero attached hydrogens (tertiary/aromatic N) is 2. The Morgan fingerprint density at radius 3 is 2.44 bits per heavy atom. The Hall–Kier alpha value is -3.26. The van der Waals surface area contributed by atoms with Crippen LogP contribution in [-0.4, -0.2) is 45.7 Å². The van der Waals surface area contributed by atoms with Gasteiger partial charge in [-0.3, -0.25) is 19.4 Å². The zero-order valence-electron chi connectivity index (χ0n) is 24.0. The first kappa shape index (κ1) is 30.7. The Bertz CT molecular complexity index is 1300. The number of unbranched alkanes of at least 4 members (excludes halogenated alkanes) is 1. The lowest BCUT2D eigenvalue weighted by atomic mass is 9.76. The van der Waals surface area contributed by atoms with Gasteiger partial charge in [-0.25, -0.2) is 4.39 Å². The van der Waals surface area contributed by atoms with E-state index in [2.05, 4.69) is 26.1 Å². The van der Waals surface area contributed by atoms with Gasteiger partial charge in [0.05, 0.1) is 17.5 Å². The average Bonchev–Trinajstić information content (AvgIpc) is 3.22. The number of benzene rings is 2. The summed E-state index contributed by atoms with van der Waals surface area (Å²) in [6, 6.07) is 11.2. The Morgan fingerprint density at radius 2 is 1.85 bits per heavy atom. The molecule has 2 N–H and O–H groups in total. The maximum atomic E-state index is 14.3. The van der Waals surface area contributed by atoms with Gasteiger partial charge in [-0.1, -0.05) is 57.3 Å². The zero-order valence-corrected chi connectivity index (χ0v) is 24.7. The Balaban J connectivity index is 1.69. The van der Waals surface area contributed by atoms with Gasteiger partial charge in [-0.05, 0) is 79.8 Å². The van der Waals surface area contributed by atoms with E-state index < -0.39 is 17.4 Å². The number of nitrogens with one attached hydrogen (secondary N) is 1. The van der Waals surface area contributed by atoms with Crippen LogP contribution < -0.4 is 5.32 Å². The van der Waals surface area contributed by atoms with Gasteiger partial charge < -0.3 is 15.3 Å². The number of hydrogen-bond acceptors (Lipinski definition) is 4. The number of carboxylic acids is 1. The number of aliphatic imine (C=N–C) groups is 1. The highest BCUT2D eigenvalue weighted by atomic mass is 35.5. The molecule has 1 spiro atoms. The zero-order chi connectivity index (χ0) is 29.7. The van der Waals surface area contributed by atoms with Crippen LogP contribution in [0.25, 0.3) is 0 Å². The standard InChI is InChI=1S/C32H39ClFN3O4/c1-4-5-6-27(22-7-9-23(10-8-22)30(40)35-18-15-28(38)39)37-31(41)29(24-11-12-26(34)25(33)19-24)36-32(37)16-13-21(14-17-32)20(2)3/h7-12,19-21,27H,4-6,13-18H2,1-3H3,(H,35,40)(H,38,39)/t21?,27-,32?/m1/s1. The number of hydrogen-bond donors (Lipinski definition) is 2. The van der Waals surface area contributed by atoms with Gasteiger partial charge in [0, 0.05) is 17.7 Å². The van der Waals surface area contributed by atoms with E-state index in [1.807, 2.05) is 17.0 Å². The van der Waals surface area contributed by atoms with Crippen LogP contribution in [0.1, 0.15) is 99.7 Å². The number of halogens is 2. The predicted molar refractivity (Wildman–Crippen MR) is 158 cm³/mol. The summed E-state index contributed by atoms with van der Waals surface area (Å²) in [5, 5.41) is 11.4. The number of rotatable bonds is 11. The van der Waals surface area contributed by atoms with Crippen molar-refractivity contribution in [2.45, 2.75) is 83.8 Å². The third-order valence-corrected chi connectivity index (χ3v) is 8.77. The van der Waals surface area contributed by atoms with Crippen LogP contribution in [0.4, 0.5) is 4.39 Å². The van der Waals surface area contributed by atoms with Crippen molar-refractivity contribution in [2.24, 2.45) is 16.8 Å². The minimum atomic E-state index is -0.976. The van der Waals surface area contributed by atoms with Gasteiger partial charge >= 0.3 is 5.97 Å². The van der Waals surface area contributed by atoms with E-state index in [1.54, 1.807) is 18.2 Å². The molecule has 1 fully saturated rings. The monoisotopic (exact) mass is 583 g/mol. The molecule has 4 rings (SSSR count). The molecule has 1 aliphatic carbocycles. The van der Waals surface area contributed by atoms with Crippen molar-refractivity contribution in [1.29, 1.82) is 0 Å². The van der Waals surface area contributed by atoms with Crippen molar-refractivity contribution in [3.63, 3.8) is 0 Å². The Labute approximate surface area is 246 Å². The molecule has 1 heterocycles. The number of carbonyl (C=O) groups is 3. The molecule has 9 heteroatoms. The van der Waals surface area contributed by atoms with Crippen LogP contribution in [0, 0.1) is 17.7 Å². The molecule has 41 heavy (non-hydrogen) atoms. The van der Waals surface area contributed by atoms with Crippen molar-refractivity contribution in [2.75, 3.05) is 6.54 Å². The minimum Gasteiger partial charge on any atom is -0.481 e. The summed E-state index contributed by atoms with van der Waals surface area (Å²) >= 11 is 6.11. The summed E-state index contributed by atoms with van der Waals surface area (Å²) in [5.41, 5.74) is 1.45. The van der Waals surface area contributed by atoms with Crippen molar-refractivity contribution in [3.05, 3.63) is 70.0 Å². The lowest BCUT2D eigenvalue weighted by molar-refractivity contribution is -0.137. The summed E-state index contributed by atoms with van der Waals surface area (Å²) < 4.78 is 14.0. The van der Waals surface area contributed by atoms with Crippen molar-refractivity contribution < 1.29 is 23.9 Å². The quantitative estimate of drug-likeness (QED) is 0.304. The van der Waals surface area contributed by atoms with Crippen molar-refractivity contribution in [1.82, 2.24) is 10.2 Å². The topological polar surface area (TPSA) is 99.1 Å². The maximum absolute atomic E-state index is 14.3. The molecule has 1 saturated carbocycles. The molecule has 1 aliphatic heterocycles. The third kappa shape index (κ3) is 6.80. The molecule has 2 aliphatic rings. The third-order valence-electron chi connectivity index (χ3n) is 8.48. The second-order valence-electron chi connectivity index (χ2n) is 11.5. The molecule has 0 aromatic heterocycles.